The number of esters is 2. The number of carbonyl (C=O) groups excluding carboxylic acids is 2. The first kappa shape index (κ1) is 12.0. The Morgan fingerprint density at radius 1 is 1.07 bits per heavy atom. The third kappa shape index (κ3) is 4.78. The SMILES string of the molecule is CC(=O)OC[C@@H]1CC[C@@H](COC(C)=O)O1. The van der Waals surface area contributed by atoms with Gasteiger partial charge in [-0.05, 0) is 12.8 Å². The van der Waals surface area contributed by atoms with Gasteiger partial charge in [0, 0.05) is 13.8 Å². The molecule has 5 heteroatoms. The maximum Gasteiger partial charge on any atom is 0.302 e. The molecule has 0 amide bonds. The highest BCUT2D eigenvalue weighted by molar-refractivity contribution is 5.66. The van der Waals surface area contributed by atoms with Crippen LogP contribution in [0.4, 0.5) is 0 Å². The lowest BCUT2D eigenvalue weighted by molar-refractivity contribution is -0.148. The van der Waals surface area contributed by atoms with Crippen molar-refractivity contribution in [3.8, 4) is 0 Å². The Kier molecular flexibility index (Phi) is 4.55. The van der Waals surface area contributed by atoms with Crippen molar-refractivity contribution in [1.29, 1.82) is 0 Å². The predicted octanol–water partition coefficient (Wildman–Crippen LogP) is 0.660. The molecule has 1 aliphatic rings. The van der Waals surface area contributed by atoms with E-state index in [1.165, 1.54) is 13.8 Å². The Morgan fingerprint density at radius 2 is 1.47 bits per heavy atom. The zero-order valence-corrected chi connectivity index (χ0v) is 9.02. The first-order chi connectivity index (χ1) is 7.08. The van der Waals surface area contributed by atoms with Crippen molar-refractivity contribution in [2.24, 2.45) is 0 Å². The molecule has 0 aromatic heterocycles. The van der Waals surface area contributed by atoms with E-state index < -0.39 is 0 Å². The van der Waals surface area contributed by atoms with Crippen LogP contribution in [0.15, 0.2) is 0 Å². The van der Waals surface area contributed by atoms with Gasteiger partial charge >= 0.3 is 11.9 Å². The lowest BCUT2D eigenvalue weighted by atomic mass is 10.2. The molecule has 0 unspecified atom stereocenters. The molecule has 0 N–H and O–H groups in total. The molecule has 1 rings (SSSR count). The number of ether oxygens (including phenoxy) is 3. The second-order valence-corrected chi connectivity index (χ2v) is 3.56. The van der Waals surface area contributed by atoms with E-state index >= 15 is 0 Å². The Balaban J connectivity index is 2.15. The summed E-state index contributed by atoms with van der Waals surface area (Å²) < 4.78 is 15.2. The smallest absolute Gasteiger partial charge is 0.302 e. The summed E-state index contributed by atoms with van der Waals surface area (Å²) in [6, 6.07) is 0. The van der Waals surface area contributed by atoms with Gasteiger partial charge in [-0.1, -0.05) is 0 Å². The predicted molar refractivity (Wildman–Crippen MR) is 51.2 cm³/mol. The van der Waals surface area contributed by atoms with E-state index in [1.54, 1.807) is 0 Å². The van der Waals surface area contributed by atoms with Gasteiger partial charge in [0.05, 0.1) is 12.2 Å². The summed E-state index contributed by atoms with van der Waals surface area (Å²) in [6.07, 6.45) is 1.54. The fourth-order valence-corrected chi connectivity index (χ4v) is 1.45. The molecule has 1 saturated heterocycles. The van der Waals surface area contributed by atoms with Gasteiger partial charge in [-0.2, -0.15) is 0 Å². The van der Waals surface area contributed by atoms with Gasteiger partial charge in [0.1, 0.15) is 13.2 Å². The fourth-order valence-electron chi connectivity index (χ4n) is 1.45. The van der Waals surface area contributed by atoms with Crippen molar-refractivity contribution < 1.29 is 23.8 Å². The second kappa shape index (κ2) is 5.70. The van der Waals surface area contributed by atoms with Crippen molar-refractivity contribution in [3.63, 3.8) is 0 Å². The lowest BCUT2D eigenvalue weighted by Gasteiger charge is -2.13. The van der Waals surface area contributed by atoms with Crippen LogP contribution in [0.3, 0.4) is 0 Å². The van der Waals surface area contributed by atoms with E-state index in [9.17, 15) is 9.59 Å². The molecule has 0 saturated carbocycles. The van der Waals surface area contributed by atoms with Crippen LogP contribution in [0.25, 0.3) is 0 Å². The Hall–Kier alpha value is -1.10. The molecule has 0 radical (unpaired) electrons. The molecule has 0 aromatic rings. The quantitative estimate of drug-likeness (QED) is 0.646. The van der Waals surface area contributed by atoms with Crippen LogP contribution in [0.1, 0.15) is 26.7 Å². The number of hydrogen-bond donors (Lipinski definition) is 0. The normalized spacial score (nSPS) is 24.9. The minimum absolute atomic E-state index is 0.0607. The van der Waals surface area contributed by atoms with Crippen LogP contribution < -0.4 is 0 Å². The molecule has 0 aromatic carbocycles. The van der Waals surface area contributed by atoms with Gasteiger partial charge in [0.25, 0.3) is 0 Å². The van der Waals surface area contributed by atoms with Gasteiger partial charge < -0.3 is 14.2 Å². The Labute approximate surface area is 88.7 Å². The van der Waals surface area contributed by atoms with Crippen LogP contribution in [0, 0.1) is 0 Å². The molecule has 0 aliphatic carbocycles. The topological polar surface area (TPSA) is 61.8 Å². The summed E-state index contributed by atoms with van der Waals surface area (Å²) in [7, 11) is 0. The molecular formula is C10H16O5. The Morgan fingerprint density at radius 3 is 1.80 bits per heavy atom. The van der Waals surface area contributed by atoms with Crippen LogP contribution in [0.2, 0.25) is 0 Å². The van der Waals surface area contributed by atoms with E-state index in [4.69, 9.17) is 14.2 Å². The average molecular weight is 216 g/mol. The first-order valence-corrected chi connectivity index (χ1v) is 5.00. The summed E-state index contributed by atoms with van der Waals surface area (Å²) in [5.41, 5.74) is 0. The highest BCUT2D eigenvalue weighted by Gasteiger charge is 2.26. The molecule has 5 nitrogen and oxygen atoms in total. The van der Waals surface area contributed by atoms with E-state index in [0.29, 0.717) is 0 Å². The highest BCUT2D eigenvalue weighted by Crippen LogP contribution is 2.20. The lowest BCUT2D eigenvalue weighted by Crippen LogP contribution is -2.22. The summed E-state index contributed by atoms with van der Waals surface area (Å²) >= 11 is 0. The zero-order chi connectivity index (χ0) is 11.3. The van der Waals surface area contributed by atoms with Crippen molar-refractivity contribution >= 4 is 11.9 Å². The summed E-state index contributed by atoms with van der Waals surface area (Å²) in [5, 5.41) is 0. The summed E-state index contributed by atoms with van der Waals surface area (Å²) in [5.74, 6) is -0.607. The maximum atomic E-state index is 10.5. The second-order valence-electron chi connectivity index (χ2n) is 3.56. The average Bonchev–Trinajstić information content (AvgIpc) is 2.59. The van der Waals surface area contributed by atoms with E-state index in [2.05, 4.69) is 0 Å². The van der Waals surface area contributed by atoms with Gasteiger partial charge in [-0.3, -0.25) is 9.59 Å². The molecule has 1 aliphatic heterocycles. The van der Waals surface area contributed by atoms with Crippen molar-refractivity contribution in [2.45, 2.75) is 38.9 Å². The summed E-state index contributed by atoms with van der Waals surface area (Å²) in [6.45, 7) is 3.30. The van der Waals surface area contributed by atoms with Crippen LogP contribution in [0.5, 0.6) is 0 Å². The number of carbonyl (C=O) groups is 2. The molecule has 0 bridgehead atoms. The summed E-state index contributed by atoms with van der Waals surface area (Å²) in [4.78, 5) is 21.1. The fraction of sp³-hybridized carbons (Fsp3) is 0.800. The van der Waals surface area contributed by atoms with Gasteiger partial charge in [-0.15, -0.1) is 0 Å². The molecule has 0 spiro atoms. The largest absolute Gasteiger partial charge is 0.463 e. The Bertz CT molecular complexity index is 214. The monoisotopic (exact) mass is 216 g/mol. The molecule has 86 valence electrons. The minimum Gasteiger partial charge on any atom is -0.463 e. The third-order valence-corrected chi connectivity index (χ3v) is 2.14. The van der Waals surface area contributed by atoms with E-state index in [-0.39, 0.29) is 37.4 Å². The highest BCUT2D eigenvalue weighted by atomic mass is 16.6. The van der Waals surface area contributed by atoms with Crippen molar-refractivity contribution in [1.82, 2.24) is 0 Å². The first-order valence-electron chi connectivity index (χ1n) is 5.00. The van der Waals surface area contributed by atoms with Crippen LogP contribution >= 0.6 is 0 Å². The third-order valence-electron chi connectivity index (χ3n) is 2.14. The number of hydrogen-bond acceptors (Lipinski definition) is 5. The maximum absolute atomic E-state index is 10.5. The van der Waals surface area contributed by atoms with Gasteiger partial charge in [-0.25, -0.2) is 0 Å². The van der Waals surface area contributed by atoms with E-state index in [1.807, 2.05) is 0 Å². The van der Waals surface area contributed by atoms with E-state index in [0.717, 1.165) is 12.8 Å². The van der Waals surface area contributed by atoms with Gasteiger partial charge in [0.15, 0.2) is 0 Å². The molecule has 2 atom stereocenters. The number of rotatable bonds is 4. The van der Waals surface area contributed by atoms with Crippen molar-refractivity contribution in [2.75, 3.05) is 13.2 Å². The zero-order valence-electron chi connectivity index (χ0n) is 9.02. The van der Waals surface area contributed by atoms with Gasteiger partial charge in [0.2, 0.25) is 0 Å². The van der Waals surface area contributed by atoms with Crippen molar-refractivity contribution in [3.05, 3.63) is 0 Å². The van der Waals surface area contributed by atoms with Crippen LogP contribution in [-0.4, -0.2) is 37.4 Å². The molecule has 1 heterocycles. The standard InChI is InChI=1S/C10H16O5/c1-7(11)13-5-9-3-4-10(15-9)6-14-8(2)12/h9-10H,3-6H2,1-2H3/t9-,10-/m0/s1. The van der Waals surface area contributed by atoms with Crippen LogP contribution in [-0.2, 0) is 23.8 Å². The molecular weight excluding hydrogens is 200 g/mol. The molecule has 1 fully saturated rings. The molecule has 15 heavy (non-hydrogen) atoms. The minimum atomic E-state index is -0.304.